The molecule has 1 aromatic carbocycles. The Balaban J connectivity index is 1.89. The van der Waals surface area contributed by atoms with Crippen molar-refractivity contribution in [3.63, 3.8) is 0 Å². The van der Waals surface area contributed by atoms with E-state index in [0.717, 1.165) is 37.8 Å². The van der Waals surface area contributed by atoms with Crippen LogP contribution in [0.2, 0.25) is 25.7 Å². The lowest BCUT2D eigenvalue weighted by Gasteiger charge is -2.30. The van der Waals surface area contributed by atoms with Gasteiger partial charge >= 0.3 is 6.09 Å². The molecule has 1 N–H and O–H groups in total. The van der Waals surface area contributed by atoms with Gasteiger partial charge in [-0.25, -0.2) is 4.79 Å². The number of amides is 1. The summed E-state index contributed by atoms with van der Waals surface area (Å²) < 4.78 is 11.1. The molecule has 0 spiro atoms. The van der Waals surface area contributed by atoms with Crippen molar-refractivity contribution in [2.75, 3.05) is 38.7 Å². The molecule has 152 valence electrons. The van der Waals surface area contributed by atoms with Gasteiger partial charge in [-0.1, -0.05) is 37.8 Å². The van der Waals surface area contributed by atoms with Crippen LogP contribution in [0.4, 0.5) is 10.5 Å². The van der Waals surface area contributed by atoms with Crippen LogP contribution >= 0.6 is 0 Å². The molecule has 5 nitrogen and oxygen atoms in total. The third-order valence-corrected chi connectivity index (χ3v) is 6.60. The number of carbonyl (C=O) groups is 1. The summed E-state index contributed by atoms with van der Waals surface area (Å²) in [6.07, 6.45) is 3.07. The minimum atomic E-state index is -1.19. The van der Waals surface area contributed by atoms with E-state index in [1.807, 2.05) is 25.2 Å². The maximum atomic E-state index is 12.4. The molecule has 1 fully saturated rings. The Labute approximate surface area is 165 Å². The molecule has 0 aromatic heterocycles. The molecule has 1 saturated heterocycles. The van der Waals surface area contributed by atoms with Gasteiger partial charge in [0, 0.05) is 46.6 Å². The number of hydrogen-bond donors (Lipinski definition) is 1. The first-order valence-electron chi connectivity index (χ1n) is 10.1. The molecule has 0 saturated carbocycles. The van der Waals surface area contributed by atoms with Crippen LogP contribution < -0.4 is 5.32 Å². The van der Waals surface area contributed by atoms with Gasteiger partial charge in [-0.2, -0.15) is 0 Å². The maximum Gasteiger partial charge on any atom is 0.409 e. The van der Waals surface area contributed by atoms with Gasteiger partial charge in [-0.05, 0) is 43.4 Å². The second kappa shape index (κ2) is 10.7. The van der Waals surface area contributed by atoms with Gasteiger partial charge in [-0.3, -0.25) is 0 Å². The lowest BCUT2D eigenvalue weighted by molar-refractivity contribution is 0.0483. The van der Waals surface area contributed by atoms with Crippen molar-refractivity contribution < 1.29 is 14.3 Å². The highest BCUT2D eigenvalue weighted by Crippen LogP contribution is 2.21. The molecule has 2 rings (SSSR count). The molecule has 2 atom stereocenters. The second-order valence-corrected chi connectivity index (χ2v) is 14.5. The molecule has 1 aromatic rings. The molecular weight excluding hydrogens is 356 g/mol. The summed E-state index contributed by atoms with van der Waals surface area (Å²) in [6, 6.07) is 11.4. The van der Waals surface area contributed by atoms with Gasteiger partial charge in [0.15, 0.2) is 0 Å². The zero-order valence-corrected chi connectivity index (χ0v) is 18.4. The summed E-state index contributed by atoms with van der Waals surface area (Å²) in [5.41, 5.74) is 1.08. The largest absolute Gasteiger partial charge is 0.450 e. The van der Waals surface area contributed by atoms with Crippen molar-refractivity contribution in [1.82, 2.24) is 4.90 Å². The number of hydrogen-bond acceptors (Lipinski definition) is 4. The highest BCUT2D eigenvalue weighted by atomic mass is 28.3. The van der Waals surface area contributed by atoms with Gasteiger partial charge in [0.2, 0.25) is 0 Å². The lowest BCUT2D eigenvalue weighted by atomic mass is 9.94. The molecule has 0 aliphatic carbocycles. The van der Waals surface area contributed by atoms with E-state index in [1.54, 1.807) is 4.90 Å². The number of rotatable bonds is 9. The van der Waals surface area contributed by atoms with Crippen molar-refractivity contribution in [2.24, 2.45) is 5.92 Å². The average Bonchev–Trinajstić information content (AvgIpc) is 2.62. The smallest absolute Gasteiger partial charge is 0.409 e. The third kappa shape index (κ3) is 8.80. The number of nitrogens with one attached hydrogen (secondary N) is 1. The first-order chi connectivity index (χ1) is 12.8. The van der Waals surface area contributed by atoms with Crippen molar-refractivity contribution >= 4 is 19.9 Å². The van der Waals surface area contributed by atoms with Crippen LogP contribution in [0.25, 0.3) is 0 Å². The predicted molar refractivity (Wildman–Crippen MR) is 114 cm³/mol. The number of carbonyl (C=O) groups excluding carboxylic acids is 1. The van der Waals surface area contributed by atoms with Crippen molar-refractivity contribution in [3.8, 4) is 0 Å². The molecule has 1 aliphatic heterocycles. The van der Waals surface area contributed by atoms with Crippen LogP contribution in [0.15, 0.2) is 30.3 Å². The summed E-state index contributed by atoms with van der Waals surface area (Å²) in [6.45, 7) is 9.70. The Morgan fingerprint density at radius 2 is 2.07 bits per heavy atom. The van der Waals surface area contributed by atoms with E-state index in [2.05, 4.69) is 37.1 Å². The predicted octanol–water partition coefficient (Wildman–Crippen LogP) is 4.69. The van der Waals surface area contributed by atoms with Crippen molar-refractivity contribution in [3.05, 3.63) is 30.3 Å². The van der Waals surface area contributed by atoms with Gasteiger partial charge in [0.05, 0.1) is 6.61 Å². The highest BCUT2D eigenvalue weighted by Gasteiger charge is 2.23. The topological polar surface area (TPSA) is 50.8 Å². The summed E-state index contributed by atoms with van der Waals surface area (Å²) in [4.78, 5) is 14.1. The fourth-order valence-electron chi connectivity index (χ4n) is 3.30. The number of para-hydroxylation sites is 1. The highest BCUT2D eigenvalue weighted by molar-refractivity contribution is 6.76. The number of ether oxygens (including phenoxy) is 2. The van der Waals surface area contributed by atoms with E-state index in [9.17, 15) is 4.79 Å². The number of likely N-dealkylation sites (N-methyl/N-ethyl adjacent to an activating group) is 1. The Morgan fingerprint density at radius 1 is 1.33 bits per heavy atom. The van der Waals surface area contributed by atoms with E-state index in [-0.39, 0.29) is 12.1 Å². The molecule has 1 heterocycles. The standard InChI is InChI=1S/C21H36N2O3Si/c1-23(21(24)26-13-14-27(2,3)4)16-20(15-18-9-8-12-25-17-18)22-19-10-6-5-7-11-19/h5-7,10-11,18,20,22H,8-9,12-17H2,1-4H3/t18-,20-/m0/s1. The van der Waals surface area contributed by atoms with Crippen LogP contribution in [0.5, 0.6) is 0 Å². The number of benzene rings is 1. The van der Waals surface area contributed by atoms with Gasteiger partial charge in [-0.15, -0.1) is 0 Å². The van der Waals surface area contributed by atoms with E-state index in [4.69, 9.17) is 9.47 Å². The van der Waals surface area contributed by atoms with Gasteiger partial charge in [0.1, 0.15) is 0 Å². The molecule has 27 heavy (non-hydrogen) atoms. The second-order valence-electron chi connectivity index (χ2n) is 8.83. The van der Waals surface area contributed by atoms with Gasteiger partial charge < -0.3 is 19.7 Å². The fourth-order valence-corrected chi connectivity index (χ4v) is 4.02. The minimum Gasteiger partial charge on any atom is -0.450 e. The zero-order chi connectivity index (χ0) is 19.7. The SMILES string of the molecule is CN(C[C@H](C[C@@H]1CCCOC1)Nc1ccccc1)C(=O)OCC[Si](C)(C)C. The molecule has 0 radical (unpaired) electrons. The molecule has 6 heteroatoms. The Hall–Kier alpha value is -1.53. The molecule has 1 aliphatic rings. The number of nitrogens with zero attached hydrogens (tertiary/aromatic N) is 1. The van der Waals surface area contributed by atoms with E-state index < -0.39 is 8.07 Å². The van der Waals surface area contributed by atoms with Crippen molar-refractivity contribution in [1.29, 1.82) is 0 Å². The van der Waals surface area contributed by atoms with Crippen molar-refractivity contribution in [2.45, 2.75) is 51.0 Å². The maximum absolute atomic E-state index is 12.4. The zero-order valence-electron chi connectivity index (χ0n) is 17.4. The summed E-state index contributed by atoms with van der Waals surface area (Å²) in [5, 5.41) is 3.59. The van der Waals surface area contributed by atoms with Crippen LogP contribution in [-0.2, 0) is 9.47 Å². The first-order valence-corrected chi connectivity index (χ1v) is 13.8. The normalized spacial score (nSPS) is 18.6. The summed E-state index contributed by atoms with van der Waals surface area (Å²) >= 11 is 0. The van der Waals surface area contributed by atoms with Gasteiger partial charge in [0.25, 0.3) is 0 Å². The first kappa shape index (κ1) is 21.8. The minimum absolute atomic E-state index is 0.175. The Bertz CT molecular complexity index is 556. The molecule has 0 bridgehead atoms. The monoisotopic (exact) mass is 392 g/mol. The molecule has 0 unspecified atom stereocenters. The van der Waals surface area contributed by atoms with E-state index >= 15 is 0 Å². The Morgan fingerprint density at radius 3 is 2.70 bits per heavy atom. The average molecular weight is 393 g/mol. The van der Waals surface area contributed by atoms with Crippen LogP contribution in [0.1, 0.15) is 19.3 Å². The molecular formula is C21H36N2O3Si. The van der Waals surface area contributed by atoms with Crippen LogP contribution in [-0.4, -0.2) is 58.5 Å². The third-order valence-electron chi connectivity index (χ3n) is 4.90. The number of anilines is 1. The molecule has 1 amide bonds. The Kier molecular flexibility index (Phi) is 8.63. The van der Waals surface area contributed by atoms with Crippen LogP contribution in [0.3, 0.4) is 0 Å². The summed E-state index contributed by atoms with van der Waals surface area (Å²) in [5.74, 6) is 0.538. The lowest BCUT2D eigenvalue weighted by Crippen LogP contribution is -2.40. The van der Waals surface area contributed by atoms with E-state index in [0.29, 0.717) is 19.1 Å². The quantitative estimate of drug-likeness (QED) is 0.619. The fraction of sp³-hybridized carbons (Fsp3) is 0.667. The van der Waals surface area contributed by atoms with E-state index in [1.165, 1.54) is 6.42 Å². The van der Waals surface area contributed by atoms with Crippen LogP contribution in [0, 0.1) is 5.92 Å². The summed E-state index contributed by atoms with van der Waals surface area (Å²) in [7, 11) is 0.634.